The third kappa shape index (κ3) is 2.37. The van der Waals surface area contributed by atoms with E-state index in [2.05, 4.69) is 60.8 Å². The summed E-state index contributed by atoms with van der Waals surface area (Å²) in [6, 6.07) is 16.5. The average molecular weight is 370 g/mol. The molecule has 0 saturated heterocycles. The van der Waals surface area contributed by atoms with Crippen LogP contribution in [0.3, 0.4) is 0 Å². The summed E-state index contributed by atoms with van der Waals surface area (Å²) in [4.78, 5) is 11.6. The number of nitrogens with one attached hydrogen (secondary N) is 1. The van der Waals surface area contributed by atoms with Gasteiger partial charge >= 0.3 is 0 Å². The molecule has 0 spiro atoms. The SMILES string of the molecule is Cc1cc([N+](=O)[O-])c2c(c1C)[C@@H]1C=CC[C@@H]1C(c1cccc3ccccc13)N2. The van der Waals surface area contributed by atoms with E-state index in [0.717, 1.165) is 23.1 Å². The number of hydrogen-bond donors (Lipinski definition) is 1. The Morgan fingerprint density at radius 3 is 2.71 bits per heavy atom. The van der Waals surface area contributed by atoms with Gasteiger partial charge in [0.25, 0.3) is 5.69 Å². The topological polar surface area (TPSA) is 55.2 Å². The van der Waals surface area contributed by atoms with Crippen LogP contribution in [0.15, 0.2) is 60.7 Å². The molecule has 0 aromatic heterocycles. The molecule has 4 nitrogen and oxygen atoms in total. The van der Waals surface area contributed by atoms with Gasteiger partial charge in [0.2, 0.25) is 0 Å². The van der Waals surface area contributed by atoms with Crippen molar-refractivity contribution in [1.29, 1.82) is 0 Å². The van der Waals surface area contributed by atoms with Crippen LogP contribution in [0.4, 0.5) is 11.4 Å². The van der Waals surface area contributed by atoms with Crippen LogP contribution in [-0.2, 0) is 0 Å². The lowest BCUT2D eigenvalue weighted by Gasteiger charge is -2.38. The normalized spacial score (nSPS) is 22.6. The van der Waals surface area contributed by atoms with Crippen molar-refractivity contribution in [3.05, 3.63) is 93.1 Å². The fraction of sp³-hybridized carbons (Fsp3) is 0.250. The molecule has 3 aromatic rings. The lowest BCUT2D eigenvalue weighted by atomic mass is 9.74. The molecule has 1 aliphatic carbocycles. The van der Waals surface area contributed by atoms with Crippen LogP contribution in [0.1, 0.15) is 40.6 Å². The van der Waals surface area contributed by atoms with Crippen molar-refractivity contribution < 1.29 is 4.92 Å². The molecule has 1 aliphatic heterocycles. The second-order valence-electron chi connectivity index (χ2n) is 7.93. The van der Waals surface area contributed by atoms with Gasteiger partial charge in [0, 0.05) is 12.0 Å². The number of rotatable bonds is 2. The van der Waals surface area contributed by atoms with E-state index < -0.39 is 0 Å². The van der Waals surface area contributed by atoms with Crippen LogP contribution in [0, 0.1) is 29.9 Å². The van der Waals surface area contributed by atoms with Gasteiger partial charge < -0.3 is 5.32 Å². The quantitative estimate of drug-likeness (QED) is 0.332. The zero-order chi connectivity index (χ0) is 19.4. The van der Waals surface area contributed by atoms with Crippen LogP contribution < -0.4 is 5.32 Å². The summed E-state index contributed by atoms with van der Waals surface area (Å²) in [5.74, 6) is 0.567. The second-order valence-corrected chi connectivity index (χ2v) is 7.93. The number of nitrogens with zero attached hydrogens (tertiary/aromatic N) is 1. The zero-order valence-electron chi connectivity index (χ0n) is 16.0. The van der Waals surface area contributed by atoms with Crippen LogP contribution in [0.2, 0.25) is 0 Å². The molecule has 4 heteroatoms. The minimum atomic E-state index is -0.253. The number of hydrogen-bond acceptors (Lipinski definition) is 3. The van der Waals surface area contributed by atoms with Gasteiger partial charge in [0.15, 0.2) is 0 Å². The molecule has 1 heterocycles. The second kappa shape index (κ2) is 6.20. The molecule has 0 amide bonds. The first kappa shape index (κ1) is 17.0. The summed E-state index contributed by atoms with van der Waals surface area (Å²) >= 11 is 0. The van der Waals surface area contributed by atoms with E-state index in [1.165, 1.54) is 16.3 Å². The predicted octanol–water partition coefficient (Wildman–Crippen LogP) is 6.19. The Hall–Kier alpha value is -3.14. The molecule has 0 fully saturated rings. The van der Waals surface area contributed by atoms with Gasteiger partial charge in [-0.1, -0.05) is 54.6 Å². The van der Waals surface area contributed by atoms with E-state index in [9.17, 15) is 10.1 Å². The zero-order valence-corrected chi connectivity index (χ0v) is 16.0. The maximum Gasteiger partial charge on any atom is 0.292 e. The lowest BCUT2D eigenvalue weighted by molar-refractivity contribution is -0.384. The predicted molar refractivity (Wildman–Crippen MR) is 113 cm³/mol. The minimum Gasteiger partial charge on any atom is -0.372 e. The van der Waals surface area contributed by atoms with E-state index in [0.29, 0.717) is 11.6 Å². The van der Waals surface area contributed by atoms with Crippen LogP contribution in [-0.4, -0.2) is 4.92 Å². The summed E-state index contributed by atoms with van der Waals surface area (Å²) < 4.78 is 0. The van der Waals surface area contributed by atoms with Gasteiger partial charge in [-0.3, -0.25) is 10.1 Å². The molecule has 0 saturated carbocycles. The van der Waals surface area contributed by atoms with Crippen LogP contribution in [0.5, 0.6) is 0 Å². The standard InChI is InChI=1S/C24H22N2O2/c1-14-13-21(26(27)28)24-22(15(14)2)18-10-6-12-20(18)23(25-24)19-11-5-8-16-7-3-4-9-17(16)19/h3-11,13,18,20,23,25H,12H2,1-2H3/t18-,20+,23?/m1/s1. The highest BCUT2D eigenvalue weighted by atomic mass is 16.6. The van der Waals surface area contributed by atoms with Crippen molar-refractivity contribution in [1.82, 2.24) is 0 Å². The van der Waals surface area contributed by atoms with Crippen LogP contribution >= 0.6 is 0 Å². The molecular weight excluding hydrogens is 348 g/mol. The number of aryl methyl sites for hydroxylation is 1. The largest absolute Gasteiger partial charge is 0.372 e. The third-order valence-electron chi connectivity index (χ3n) is 6.50. The molecule has 1 N–H and O–H groups in total. The number of benzene rings is 3. The Bertz CT molecular complexity index is 1140. The summed E-state index contributed by atoms with van der Waals surface area (Å²) in [6.07, 6.45) is 5.46. The molecule has 0 radical (unpaired) electrons. The first-order chi connectivity index (χ1) is 13.6. The van der Waals surface area contributed by atoms with Crippen molar-refractivity contribution in [2.45, 2.75) is 32.2 Å². The maximum atomic E-state index is 11.8. The minimum absolute atomic E-state index is 0.0411. The van der Waals surface area contributed by atoms with Crippen molar-refractivity contribution in [2.75, 3.05) is 5.32 Å². The Morgan fingerprint density at radius 1 is 1.11 bits per heavy atom. The molecule has 3 aromatic carbocycles. The highest BCUT2D eigenvalue weighted by Gasteiger charge is 2.42. The molecule has 0 bridgehead atoms. The van der Waals surface area contributed by atoms with Gasteiger partial charge in [0.05, 0.1) is 11.0 Å². The van der Waals surface area contributed by atoms with E-state index in [1.54, 1.807) is 6.07 Å². The molecule has 28 heavy (non-hydrogen) atoms. The molecule has 3 atom stereocenters. The fourth-order valence-electron chi connectivity index (χ4n) is 5.05. The third-order valence-corrected chi connectivity index (χ3v) is 6.50. The molecule has 140 valence electrons. The Morgan fingerprint density at radius 2 is 1.89 bits per heavy atom. The Labute approximate surface area is 164 Å². The van der Waals surface area contributed by atoms with E-state index in [4.69, 9.17) is 0 Å². The van der Waals surface area contributed by atoms with E-state index >= 15 is 0 Å². The van der Waals surface area contributed by atoms with Crippen LogP contribution in [0.25, 0.3) is 10.8 Å². The lowest BCUT2D eigenvalue weighted by Crippen LogP contribution is -2.30. The molecule has 2 aliphatic rings. The van der Waals surface area contributed by atoms with Gasteiger partial charge in [0.1, 0.15) is 5.69 Å². The number of allylic oxidation sites excluding steroid dienone is 2. The maximum absolute atomic E-state index is 11.8. The first-order valence-corrected chi connectivity index (χ1v) is 9.75. The van der Waals surface area contributed by atoms with E-state index in [1.807, 2.05) is 13.0 Å². The Balaban J connectivity index is 1.75. The number of nitro benzene ring substituents is 1. The van der Waals surface area contributed by atoms with E-state index in [-0.39, 0.29) is 22.6 Å². The summed E-state index contributed by atoms with van der Waals surface area (Å²) in [5, 5.41) is 17.9. The van der Waals surface area contributed by atoms with Crippen molar-refractivity contribution in [2.24, 2.45) is 5.92 Å². The number of fused-ring (bicyclic) bond motifs is 4. The highest BCUT2D eigenvalue weighted by Crippen LogP contribution is 2.54. The van der Waals surface area contributed by atoms with Gasteiger partial charge in [-0.2, -0.15) is 0 Å². The molecule has 1 unspecified atom stereocenters. The number of anilines is 1. The van der Waals surface area contributed by atoms with Crippen molar-refractivity contribution in [3.8, 4) is 0 Å². The van der Waals surface area contributed by atoms with Crippen molar-refractivity contribution in [3.63, 3.8) is 0 Å². The fourth-order valence-corrected chi connectivity index (χ4v) is 5.05. The van der Waals surface area contributed by atoms with Gasteiger partial charge in [-0.05, 0) is 59.2 Å². The highest BCUT2D eigenvalue weighted by molar-refractivity contribution is 5.87. The average Bonchev–Trinajstić information content (AvgIpc) is 3.19. The summed E-state index contributed by atoms with van der Waals surface area (Å²) in [6.45, 7) is 4.05. The van der Waals surface area contributed by atoms with Gasteiger partial charge in [-0.25, -0.2) is 0 Å². The van der Waals surface area contributed by atoms with Crippen molar-refractivity contribution >= 4 is 22.1 Å². The van der Waals surface area contributed by atoms with Gasteiger partial charge in [-0.15, -0.1) is 0 Å². The smallest absolute Gasteiger partial charge is 0.292 e. The first-order valence-electron chi connectivity index (χ1n) is 9.75. The summed E-state index contributed by atoms with van der Waals surface area (Å²) in [5.41, 5.74) is 5.33. The monoisotopic (exact) mass is 370 g/mol. The Kier molecular flexibility index (Phi) is 3.76. The molecular formula is C24H22N2O2. The molecule has 5 rings (SSSR count). The number of nitro groups is 1. The summed E-state index contributed by atoms with van der Waals surface area (Å²) in [7, 11) is 0.